The molecule has 0 atom stereocenters. The Morgan fingerprint density at radius 2 is 2.05 bits per heavy atom. The normalized spacial score (nSPS) is 10.2. The fourth-order valence-corrected chi connectivity index (χ4v) is 1.86. The zero-order chi connectivity index (χ0) is 15.4. The summed E-state index contributed by atoms with van der Waals surface area (Å²) in [6, 6.07) is 8.68. The van der Waals surface area contributed by atoms with Crippen molar-refractivity contribution < 1.29 is 9.53 Å². The lowest BCUT2D eigenvalue weighted by molar-refractivity contribution is 0.102. The minimum atomic E-state index is -0.255. The summed E-state index contributed by atoms with van der Waals surface area (Å²) in [6.07, 6.45) is 6.44. The summed E-state index contributed by atoms with van der Waals surface area (Å²) in [5.41, 5.74) is 0.999. The van der Waals surface area contributed by atoms with Crippen molar-refractivity contribution in [1.29, 1.82) is 0 Å². The second-order valence-corrected chi connectivity index (χ2v) is 4.41. The Hall–Kier alpha value is -3.22. The van der Waals surface area contributed by atoms with Gasteiger partial charge in [0.2, 0.25) is 0 Å². The minimum Gasteiger partial charge on any atom is -0.497 e. The molecule has 0 aliphatic heterocycles. The third-order valence-electron chi connectivity index (χ3n) is 2.94. The highest BCUT2D eigenvalue weighted by Gasteiger charge is 2.08. The molecule has 7 nitrogen and oxygen atoms in total. The number of hydrogen-bond donors (Lipinski definition) is 1. The average Bonchev–Trinajstić information content (AvgIpc) is 3.10. The number of hydrogen-bond acceptors (Lipinski definition) is 5. The molecule has 0 unspecified atom stereocenters. The van der Waals surface area contributed by atoms with Gasteiger partial charge in [-0.25, -0.2) is 14.6 Å². The topological polar surface area (TPSA) is 81.9 Å². The van der Waals surface area contributed by atoms with Crippen LogP contribution in [0.5, 0.6) is 5.75 Å². The highest BCUT2D eigenvalue weighted by Crippen LogP contribution is 2.14. The van der Waals surface area contributed by atoms with Gasteiger partial charge in [0.25, 0.3) is 11.9 Å². The van der Waals surface area contributed by atoms with Crippen LogP contribution in [0.25, 0.3) is 5.95 Å². The van der Waals surface area contributed by atoms with Gasteiger partial charge in [-0.15, -0.1) is 0 Å². The fourth-order valence-electron chi connectivity index (χ4n) is 1.86. The molecule has 1 N–H and O–H groups in total. The number of rotatable bonds is 4. The third kappa shape index (κ3) is 2.93. The first-order chi connectivity index (χ1) is 10.8. The molecule has 0 aliphatic rings. The van der Waals surface area contributed by atoms with E-state index in [2.05, 4.69) is 20.4 Å². The van der Waals surface area contributed by atoms with E-state index in [1.807, 2.05) is 0 Å². The molecule has 110 valence electrons. The van der Waals surface area contributed by atoms with Gasteiger partial charge in [-0.1, -0.05) is 6.07 Å². The maximum absolute atomic E-state index is 12.2. The van der Waals surface area contributed by atoms with Gasteiger partial charge in [-0.2, -0.15) is 5.10 Å². The summed E-state index contributed by atoms with van der Waals surface area (Å²) in [5.74, 6) is 0.802. The molecule has 0 saturated carbocycles. The molecule has 0 fully saturated rings. The molecular formula is C15H13N5O2. The molecule has 3 rings (SSSR count). The van der Waals surface area contributed by atoms with E-state index in [1.165, 1.54) is 17.1 Å². The first kappa shape index (κ1) is 13.7. The molecule has 3 aromatic rings. The predicted octanol–water partition coefficient (Wildman–Crippen LogP) is 1.92. The van der Waals surface area contributed by atoms with Gasteiger partial charge in [0.15, 0.2) is 0 Å². The predicted molar refractivity (Wildman–Crippen MR) is 80.1 cm³/mol. The Morgan fingerprint density at radius 1 is 1.23 bits per heavy atom. The van der Waals surface area contributed by atoms with Crippen LogP contribution < -0.4 is 10.1 Å². The molecule has 1 amide bonds. The van der Waals surface area contributed by atoms with E-state index < -0.39 is 0 Å². The van der Waals surface area contributed by atoms with Crippen LogP contribution in [-0.4, -0.2) is 32.8 Å². The van der Waals surface area contributed by atoms with E-state index in [0.29, 0.717) is 22.9 Å². The van der Waals surface area contributed by atoms with Crippen molar-refractivity contribution >= 4 is 11.6 Å². The number of nitrogens with one attached hydrogen (secondary N) is 1. The Labute approximate surface area is 126 Å². The molecular weight excluding hydrogens is 282 g/mol. The number of aromatic nitrogens is 4. The average molecular weight is 295 g/mol. The molecule has 22 heavy (non-hydrogen) atoms. The third-order valence-corrected chi connectivity index (χ3v) is 2.94. The summed E-state index contributed by atoms with van der Waals surface area (Å²) in [5, 5.41) is 6.77. The standard InChI is InChI=1S/C15H13N5O2/c1-22-13-5-2-4-11(8-13)14(21)19-12-9-16-15(17-10-12)20-7-3-6-18-20/h2-10H,1H3,(H,19,21). The number of ether oxygens (including phenoxy) is 1. The molecule has 0 radical (unpaired) electrons. The summed E-state index contributed by atoms with van der Waals surface area (Å²) in [7, 11) is 1.55. The summed E-state index contributed by atoms with van der Waals surface area (Å²) in [4.78, 5) is 20.5. The Balaban J connectivity index is 1.74. The maximum atomic E-state index is 12.2. The van der Waals surface area contributed by atoms with Crippen molar-refractivity contribution in [2.24, 2.45) is 0 Å². The van der Waals surface area contributed by atoms with E-state index in [-0.39, 0.29) is 5.91 Å². The number of nitrogens with zero attached hydrogens (tertiary/aromatic N) is 4. The number of benzene rings is 1. The molecule has 7 heteroatoms. The minimum absolute atomic E-state index is 0.255. The summed E-state index contributed by atoms with van der Waals surface area (Å²) in [6.45, 7) is 0. The van der Waals surface area contributed by atoms with Gasteiger partial charge in [0, 0.05) is 18.0 Å². The number of methoxy groups -OCH3 is 1. The van der Waals surface area contributed by atoms with Crippen LogP contribution in [0.2, 0.25) is 0 Å². The van der Waals surface area contributed by atoms with Gasteiger partial charge in [-0.05, 0) is 24.3 Å². The first-order valence-corrected chi connectivity index (χ1v) is 6.54. The van der Waals surface area contributed by atoms with Crippen LogP contribution >= 0.6 is 0 Å². The smallest absolute Gasteiger partial charge is 0.255 e. The Kier molecular flexibility index (Phi) is 3.78. The fraction of sp³-hybridized carbons (Fsp3) is 0.0667. The van der Waals surface area contributed by atoms with Crippen LogP contribution in [-0.2, 0) is 0 Å². The van der Waals surface area contributed by atoms with E-state index >= 15 is 0 Å². The monoisotopic (exact) mass is 295 g/mol. The van der Waals surface area contributed by atoms with Gasteiger partial charge < -0.3 is 10.1 Å². The van der Waals surface area contributed by atoms with Crippen LogP contribution in [0, 0.1) is 0 Å². The Morgan fingerprint density at radius 3 is 2.73 bits per heavy atom. The zero-order valence-corrected chi connectivity index (χ0v) is 11.8. The van der Waals surface area contributed by atoms with Crippen molar-refractivity contribution in [3.63, 3.8) is 0 Å². The zero-order valence-electron chi connectivity index (χ0n) is 11.8. The lowest BCUT2D eigenvalue weighted by Gasteiger charge is -2.06. The van der Waals surface area contributed by atoms with Crippen LogP contribution in [0.1, 0.15) is 10.4 Å². The molecule has 0 bridgehead atoms. The van der Waals surface area contributed by atoms with Crippen molar-refractivity contribution in [2.75, 3.05) is 12.4 Å². The van der Waals surface area contributed by atoms with Gasteiger partial charge in [-0.3, -0.25) is 4.79 Å². The molecule has 0 aliphatic carbocycles. The van der Waals surface area contributed by atoms with Crippen molar-refractivity contribution in [3.05, 3.63) is 60.7 Å². The van der Waals surface area contributed by atoms with E-state index in [9.17, 15) is 4.79 Å². The number of amides is 1. The van der Waals surface area contributed by atoms with E-state index in [1.54, 1.807) is 49.8 Å². The summed E-state index contributed by atoms with van der Waals surface area (Å²) >= 11 is 0. The van der Waals surface area contributed by atoms with E-state index in [4.69, 9.17) is 4.74 Å². The van der Waals surface area contributed by atoms with E-state index in [0.717, 1.165) is 0 Å². The second kappa shape index (κ2) is 6.04. The lowest BCUT2D eigenvalue weighted by Crippen LogP contribution is -2.13. The number of carbonyl (C=O) groups is 1. The largest absolute Gasteiger partial charge is 0.497 e. The number of anilines is 1. The van der Waals surface area contributed by atoms with Gasteiger partial charge >= 0.3 is 0 Å². The highest BCUT2D eigenvalue weighted by atomic mass is 16.5. The van der Waals surface area contributed by atoms with Crippen molar-refractivity contribution in [1.82, 2.24) is 19.7 Å². The molecule has 0 spiro atoms. The van der Waals surface area contributed by atoms with Crippen molar-refractivity contribution in [2.45, 2.75) is 0 Å². The number of carbonyl (C=O) groups excluding carboxylic acids is 1. The Bertz CT molecular complexity index is 769. The molecule has 0 saturated heterocycles. The molecule has 2 aromatic heterocycles. The highest BCUT2D eigenvalue weighted by molar-refractivity contribution is 6.04. The van der Waals surface area contributed by atoms with Crippen LogP contribution in [0.15, 0.2) is 55.1 Å². The molecule has 2 heterocycles. The van der Waals surface area contributed by atoms with Crippen molar-refractivity contribution in [3.8, 4) is 11.7 Å². The van der Waals surface area contributed by atoms with Gasteiger partial charge in [0.1, 0.15) is 5.75 Å². The maximum Gasteiger partial charge on any atom is 0.255 e. The lowest BCUT2D eigenvalue weighted by atomic mass is 10.2. The quantitative estimate of drug-likeness (QED) is 0.795. The van der Waals surface area contributed by atoms with Crippen LogP contribution in [0.4, 0.5) is 5.69 Å². The molecule has 1 aromatic carbocycles. The van der Waals surface area contributed by atoms with Crippen LogP contribution in [0.3, 0.4) is 0 Å². The second-order valence-electron chi connectivity index (χ2n) is 4.41. The first-order valence-electron chi connectivity index (χ1n) is 6.54. The summed E-state index contributed by atoms with van der Waals surface area (Å²) < 4.78 is 6.63. The SMILES string of the molecule is COc1cccc(C(=O)Nc2cnc(-n3cccn3)nc2)c1. The van der Waals surface area contributed by atoms with Gasteiger partial charge in [0.05, 0.1) is 25.2 Å².